The van der Waals surface area contributed by atoms with Gasteiger partial charge in [-0.1, -0.05) is 90.6 Å². The molecule has 1 saturated heterocycles. The van der Waals surface area contributed by atoms with Crippen molar-refractivity contribution < 1.29 is 9.59 Å². The van der Waals surface area contributed by atoms with Gasteiger partial charge in [0.2, 0.25) is 5.91 Å². The largest absolute Gasteiger partial charge is 0.302 e. The maximum atomic E-state index is 12.7. The molecule has 1 aliphatic rings. The molecule has 5 nitrogen and oxygen atoms in total. The molecule has 1 aromatic heterocycles. The summed E-state index contributed by atoms with van der Waals surface area (Å²) in [5, 5.41) is 5.44. The minimum atomic E-state index is -0.0411. The fourth-order valence-electron chi connectivity index (χ4n) is 3.49. The highest BCUT2D eigenvalue weighted by molar-refractivity contribution is 8.26. The molecule has 1 N–H and O–H groups in total. The molecule has 0 radical (unpaired) electrons. The summed E-state index contributed by atoms with van der Waals surface area (Å²) < 4.78 is 0.596. The Hall–Kier alpha value is -2.81. The molecule has 0 atom stereocenters. The highest BCUT2D eigenvalue weighted by atomic mass is 32.2. The number of anilines is 1. The number of thioether (sulfide) groups is 1. The Kier molecular flexibility index (Phi) is 8.26. The van der Waals surface area contributed by atoms with Crippen molar-refractivity contribution in [3.05, 3.63) is 76.0 Å². The number of unbranched alkanes of at least 4 members (excludes halogenated alkanes) is 2. The number of hydrogen-bond donors (Lipinski definition) is 1. The molecule has 34 heavy (non-hydrogen) atoms. The molecule has 2 heterocycles. The number of thiocarbonyl (C=S) groups is 1. The first kappa shape index (κ1) is 24.3. The summed E-state index contributed by atoms with van der Waals surface area (Å²) in [6.07, 6.45) is 4.70. The molecule has 2 amide bonds. The number of carbonyl (C=O) groups excluding carboxylic acids is 2. The van der Waals surface area contributed by atoms with Crippen molar-refractivity contribution in [1.29, 1.82) is 0 Å². The van der Waals surface area contributed by atoms with Gasteiger partial charge in [0.15, 0.2) is 5.13 Å². The molecule has 8 heteroatoms. The topological polar surface area (TPSA) is 62.3 Å². The van der Waals surface area contributed by atoms with Gasteiger partial charge in [0.25, 0.3) is 5.91 Å². The van der Waals surface area contributed by atoms with Crippen LogP contribution in [0.25, 0.3) is 17.3 Å². The number of hydrogen-bond acceptors (Lipinski definition) is 6. The van der Waals surface area contributed by atoms with E-state index < -0.39 is 0 Å². The SMILES string of the molecule is Cc1ccc(/C=C2\SC(=S)N(CCCCCC(=O)Nc3nc(-c4ccccc4)cs3)C2=O)cc1. The number of aromatic nitrogens is 1. The fourth-order valence-corrected chi connectivity index (χ4v) is 5.54. The number of amides is 2. The van der Waals surface area contributed by atoms with Gasteiger partial charge >= 0.3 is 0 Å². The third kappa shape index (κ3) is 6.40. The van der Waals surface area contributed by atoms with Crippen molar-refractivity contribution >= 4 is 62.7 Å². The predicted molar refractivity (Wildman–Crippen MR) is 146 cm³/mol. The average molecular weight is 508 g/mol. The van der Waals surface area contributed by atoms with Crippen molar-refractivity contribution in [3.8, 4) is 11.3 Å². The summed E-state index contributed by atoms with van der Waals surface area (Å²) >= 11 is 8.19. The average Bonchev–Trinajstić information content (AvgIpc) is 3.40. The fraction of sp³-hybridized carbons (Fsp3) is 0.231. The van der Waals surface area contributed by atoms with Crippen molar-refractivity contribution in [2.45, 2.75) is 32.6 Å². The monoisotopic (exact) mass is 507 g/mol. The molecule has 3 aromatic rings. The lowest BCUT2D eigenvalue weighted by Crippen LogP contribution is -2.29. The van der Waals surface area contributed by atoms with Crippen LogP contribution in [-0.4, -0.2) is 32.6 Å². The molecule has 174 valence electrons. The van der Waals surface area contributed by atoms with Crippen LogP contribution in [-0.2, 0) is 9.59 Å². The highest BCUT2D eigenvalue weighted by Gasteiger charge is 2.31. The van der Waals surface area contributed by atoms with E-state index in [1.165, 1.54) is 28.7 Å². The summed E-state index contributed by atoms with van der Waals surface area (Å²) in [5.74, 6) is -0.0769. The third-order valence-corrected chi connectivity index (χ3v) is 7.49. The molecule has 2 aromatic carbocycles. The van der Waals surface area contributed by atoms with E-state index in [4.69, 9.17) is 12.2 Å². The van der Waals surface area contributed by atoms with Gasteiger partial charge in [0.05, 0.1) is 10.6 Å². The Labute approximate surface area is 213 Å². The van der Waals surface area contributed by atoms with Gasteiger partial charge in [-0.25, -0.2) is 4.98 Å². The van der Waals surface area contributed by atoms with Crippen molar-refractivity contribution in [1.82, 2.24) is 9.88 Å². The number of thiazole rings is 1. The third-order valence-electron chi connectivity index (χ3n) is 5.35. The van der Waals surface area contributed by atoms with Crippen molar-refractivity contribution in [3.63, 3.8) is 0 Å². The quantitative estimate of drug-likeness (QED) is 0.203. The Morgan fingerprint density at radius 3 is 2.62 bits per heavy atom. The number of rotatable bonds is 9. The first-order valence-corrected chi connectivity index (χ1v) is 13.2. The molecule has 0 saturated carbocycles. The molecule has 1 aliphatic heterocycles. The standard InChI is InChI=1S/C26H25N3O2S3/c1-18-11-13-19(14-12-18)16-22-24(31)29(26(32)34-22)15-7-3-6-10-23(30)28-25-27-21(17-33-25)20-8-4-2-5-9-20/h2,4-5,8-9,11-14,16-17H,3,6-7,10,15H2,1H3,(H,27,28,30)/b22-16-. The van der Waals surface area contributed by atoms with Crippen LogP contribution < -0.4 is 5.32 Å². The first-order valence-electron chi connectivity index (χ1n) is 11.1. The van der Waals surface area contributed by atoms with Gasteiger partial charge in [-0.15, -0.1) is 11.3 Å². The van der Waals surface area contributed by atoms with E-state index in [1.54, 1.807) is 4.90 Å². The van der Waals surface area contributed by atoms with Crippen LogP contribution in [0.4, 0.5) is 5.13 Å². The van der Waals surface area contributed by atoms with Crippen LogP contribution in [0.1, 0.15) is 36.8 Å². The van der Waals surface area contributed by atoms with E-state index in [1.807, 2.05) is 73.0 Å². The zero-order valence-electron chi connectivity index (χ0n) is 18.8. The molecule has 0 aliphatic carbocycles. The van der Waals surface area contributed by atoms with E-state index >= 15 is 0 Å². The van der Waals surface area contributed by atoms with Gasteiger partial charge < -0.3 is 5.32 Å². The van der Waals surface area contributed by atoms with Gasteiger partial charge in [0, 0.05) is 23.9 Å². The van der Waals surface area contributed by atoms with E-state index in [0.717, 1.165) is 36.1 Å². The predicted octanol–water partition coefficient (Wildman–Crippen LogP) is 6.52. The van der Waals surface area contributed by atoms with Gasteiger partial charge in [-0.05, 0) is 31.4 Å². The van der Waals surface area contributed by atoms with E-state index in [-0.39, 0.29) is 11.8 Å². The maximum absolute atomic E-state index is 12.7. The number of nitrogens with zero attached hydrogens (tertiary/aromatic N) is 2. The summed E-state index contributed by atoms with van der Waals surface area (Å²) in [6.45, 7) is 2.61. The molecule has 1 fully saturated rings. The second-order valence-electron chi connectivity index (χ2n) is 8.01. The van der Waals surface area contributed by atoms with Gasteiger partial charge in [-0.2, -0.15) is 0 Å². The number of aryl methyl sites for hydroxylation is 1. The Morgan fingerprint density at radius 1 is 1.09 bits per heavy atom. The Bertz CT molecular complexity index is 1200. The van der Waals surface area contributed by atoms with Crippen LogP contribution >= 0.6 is 35.3 Å². The Morgan fingerprint density at radius 2 is 1.85 bits per heavy atom. The smallest absolute Gasteiger partial charge is 0.266 e. The zero-order valence-corrected chi connectivity index (χ0v) is 21.3. The minimum Gasteiger partial charge on any atom is -0.302 e. The van der Waals surface area contributed by atoms with Crippen molar-refractivity contribution in [2.75, 3.05) is 11.9 Å². The number of carbonyl (C=O) groups is 2. The summed E-state index contributed by atoms with van der Waals surface area (Å²) in [6, 6.07) is 17.9. The second kappa shape index (κ2) is 11.6. The maximum Gasteiger partial charge on any atom is 0.266 e. The van der Waals surface area contributed by atoms with Crippen LogP contribution in [0.2, 0.25) is 0 Å². The highest BCUT2D eigenvalue weighted by Crippen LogP contribution is 2.33. The van der Waals surface area contributed by atoms with E-state index in [0.29, 0.717) is 27.3 Å². The molecular weight excluding hydrogens is 483 g/mol. The Balaban J connectivity index is 1.18. The van der Waals surface area contributed by atoms with Crippen LogP contribution in [0.15, 0.2) is 64.9 Å². The van der Waals surface area contributed by atoms with Crippen molar-refractivity contribution in [2.24, 2.45) is 0 Å². The second-order valence-corrected chi connectivity index (χ2v) is 10.5. The summed E-state index contributed by atoms with van der Waals surface area (Å²) in [5.41, 5.74) is 4.07. The molecule has 0 spiro atoms. The normalized spacial score (nSPS) is 14.7. The molecular formula is C26H25N3O2S3. The van der Waals surface area contributed by atoms with E-state index in [9.17, 15) is 9.59 Å². The molecule has 0 unspecified atom stereocenters. The first-order chi connectivity index (χ1) is 16.5. The van der Waals surface area contributed by atoms with Crippen LogP contribution in [0.5, 0.6) is 0 Å². The lowest BCUT2D eigenvalue weighted by Gasteiger charge is -2.14. The van der Waals surface area contributed by atoms with Gasteiger partial charge in [0.1, 0.15) is 4.32 Å². The molecule has 0 bridgehead atoms. The van der Waals surface area contributed by atoms with Gasteiger partial charge in [-0.3, -0.25) is 14.5 Å². The minimum absolute atomic E-state index is 0.0358. The molecule has 4 rings (SSSR count). The summed E-state index contributed by atoms with van der Waals surface area (Å²) in [4.78, 5) is 31.8. The van der Waals surface area contributed by atoms with Crippen LogP contribution in [0.3, 0.4) is 0 Å². The summed E-state index contributed by atoms with van der Waals surface area (Å²) in [7, 11) is 0. The lowest BCUT2D eigenvalue weighted by atomic mass is 10.1. The van der Waals surface area contributed by atoms with E-state index in [2.05, 4.69) is 10.3 Å². The zero-order chi connectivity index (χ0) is 23.9. The number of benzene rings is 2. The number of nitrogens with one attached hydrogen (secondary N) is 1. The lowest BCUT2D eigenvalue weighted by molar-refractivity contribution is -0.122. The van der Waals surface area contributed by atoms with Crippen LogP contribution in [0, 0.1) is 6.92 Å².